The van der Waals surface area contributed by atoms with Gasteiger partial charge in [0.15, 0.2) is 0 Å². The third-order valence-corrected chi connectivity index (χ3v) is 3.46. The third-order valence-electron chi connectivity index (χ3n) is 3.46. The lowest BCUT2D eigenvalue weighted by atomic mass is 9.91. The molecule has 16 heavy (non-hydrogen) atoms. The molecule has 3 N–H and O–H groups in total. The third kappa shape index (κ3) is 2.76. The standard InChI is InChI=1S/C14H22N2/c1-10-6-7-14(11(2)8-10)16-13-5-3-4-12(15)9-13/h6-8,12-13,16H,3-5,9,15H2,1-2H3. The fraction of sp³-hybridized carbons (Fsp3) is 0.571. The minimum Gasteiger partial charge on any atom is -0.382 e. The summed E-state index contributed by atoms with van der Waals surface area (Å²) in [6.07, 6.45) is 4.79. The first-order chi connectivity index (χ1) is 7.65. The van der Waals surface area contributed by atoms with E-state index in [1.54, 1.807) is 0 Å². The first-order valence-electron chi connectivity index (χ1n) is 6.24. The molecule has 2 atom stereocenters. The van der Waals surface area contributed by atoms with Crippen molar-refractivity contribution in [2.45, 2.75) is 51.6 Å². The van der Waals surface area contributed by atoms with Gasteiger partial charge in [0.2, 0.25) is 0 Å². The van der Waals surface area contributed by atoms with Crippen molar-refractivity contribution in [3.05, 3.63) is 29.3 Å². The smallest absolute Gasteiger partial charge is 0.0372 e. The molecule has 1 saturated carbocycles. The van der Waals surface area contributed by atoms with Gasteiger partial charge in [0, 0.05) is 17.8 Å². The molecule has 1 aliphatic carbocycles. The molecule has 0 bridgehead atoms. The molecule has 2 rings (SSSR count). The number of aryl methyl sites for hydroxylation is 2. The molecule has 0 heterocycles. The summed E-state index contributed by atoms with van der Waals surface area (Å²) in [6.45, 7) is 4.30. The van der Waals surface area contributed by atoms with Gasteiger partial charge in [0.25, 0.3) is 0 Å². The Morgan fingerprint density at radius 2 is 2.06 bits per heavy atom. The van der Waals surface area contributed by atoms with Crippen molar-refractivity contribution in [1.29, 1.82) is 0 Å². The van der Waals surface area contributed by atoms with Crippen LogP contribution in [0.3, 0.4) is 0 Å². The highest BCUT2D eigenvalue weighted by atomic mass is 14.9. The van der Waals surface area contributed by atoms with Crippen LogP contribution in [-0.2, 0) is 0 Å². The molecule has 1 aliphatic rings. The van der Waals surface area contributed by atoms with Crippen LogP contribution in [0.25, 0.3) is 0 Å². The van der Waals surface area contributed by atoms with Crippen molar-refractivity contribution in [1.82, 2.24) is 0 Å². The highest BCUT2D eigenvalue weighted by Crippen LogP contribution is 2.23. The number of hydrogen-bond acceptors (Lipinski definition) is 2. The highest BCUT2D eigenvalue weighted by molar-refractivity contribution is 5.52. The Bertz CT molecular complexity index is 360. The molecule has 88 valence electrons. The van der Waals surface area contributed by atoms with Crippen LogP contribution >= 0.6 is 0 Å². The number of rotatable bonds is 2. The molecule has 0 spiro atoms. The van der Waals surface area contributed by atoms with E-state index in [0.717, 1.165) is 6.42 Å². The van der Waals surface area contributed by atoms with Crippen molar-refractivity contribution in [3.8, 4) is 0 Å². The summed E-state index contributed by atoms with van der Waals surface area (Å²) in [5.41, 5.74) is 9.92. The highest BCUT2D eigenvalue weighted by Gasteiger charge is 2.19. The van der Waals surface area contributed by atoms with Crippen LogP contribution in [0, 0.1) is 13.8 Å². The number of nitrogens with one attached hydrogen (secondary N) is 1. The summed E-state index contributed by atoms with van der Waals surface area (Å²) < 4.78 is 0. The molecular weight excluding hydrogens is 196 g/mol. The van der Waals surface area contributed by atoms with Crippen molar-refractivity contribution in [2.24, 2.45) is 5.73 Å². The van der Waals surface area contributed by atoms with Gasteiger partial charge in [-0.3, -0.25) is 0 Å². The van der Waals surface area contributed by atoms with E-state index in [-0.39, 0.29) is 0 Å². The number of anilines is 1. The van der Waals surface area contributed by atoms with Gasteiger partial charge < -0.3 is 11.1 Å². The Balaban J connectivity index is 2.02. The summed E-state index contributed by atoms with van der Waals surface area (Å²) in [7, 11) is 0. The lowest BCUT2D eigenvalue weighted by Gasteiger charge is -2.28. The van der Waals surface area contributed by atoms with Gasteiger partial charge in [-0.1, -0.05) is 17.7 Å². The van der Waals surface area contributed by atoms with Crippen LogP contribution in [0.2, 0.25) is 0 Å². The van der Waals surface area contributed by atoms with Crippen LogP contribution in [0.4, 0.5) is 5.69 Å². The second kappa shape index (κ2) is 4.88. The summed E-state index contributed by atoms with van der Waals surface area (Å²) >= 11 is 0. The van der Waals surface area contributed by atoms with E-state index in [4.69, 9.17) is 5.73 Å². The predicted octanol–water partition coefficient (Wildman–Crippen LogP) is 2.99. The molecule has 0 saturated heterocycles. The largest absolute Gasteiger partial charge is 0.382 e. The van der Waals surface area contributed by atoms with Gasteiger partial charge in [-0.2, -0.15) is 0 Å². The van der Waals surface area contributed by atoms with E-state index in [1.807, 2.05) is 0 Å². The SMILES string of the molecule is Cc1ccc(NC2CCCC(N)C2)c(C)c1. The van der Waals surface area contributed by atoms with Gasteiger partial charge in [0.1, 0.15) is 0 Å². The Labute approximate surface area is 98.2 Å². The number of benzene rings is 1. The number of nitrogens with two attached hydrogens (primary N) is 1. The molecule has 0 aliphatic heterocycles. The molecule has 0 amide bonds. The second-order valence-corrected chi connectivity index (χ2v) is 5.09. The lowest BCUT2D eigenvalue weighted by Crippen LogP contribution is -2.35. The fourth-order valence-corrected chi connectivity index (χ4v) is 2.55. The molecule has 0 radical (unpaired) electrons. The van der Waals surface area contributed by atoms with Crippen LogP contribution < -0.4 is 11.1 Å². The van der Waals surface area contributed by atoms with E-state index >= 15 is 0 Å². The van der Waals surface area contributed by atoms with Gasteiger partial charge >= 0.3 is 0 Å². The quantitative estimate of drug-likeness (QED) is 0.801. The maximum atomic E-state index is 6.00. The molecule has 2 nitrogen and oxygen atoms in total. The van der Waals surface area contributed by atoms with E-state index in [1.165, 1.54) is 36.1 Å². The molecule has 2 heteroatoms. The average Bonchev–Trinajstić information content (AvgIpc) is 2.22. The second-order valence-electron chi connectivity index (χ2n) is 5.09. The van der Waals surface area contributed by atoms with Gasteiger partial charge in [-0.25, -0.2) is 0 Å². The van der Waals surface area contributed by atoms with Crippen LogP contribution in [0.5, 0.6) is 0 Å². The zero-order chi connectivity index (χ0) is 11.5. The predicted molar refractivity (Wildman–Crippen MR) is 69.8 cm³/mol. The summed E-state index contributed by atoms with van der Waals surface area (Å²) in [6, 6.07) is 7.52. The average molecular weight is 218 g/mol. The van der Waals surface area contributed by atoms with Gasteiger partial charge in [-0.05, 0) is 51.2 Å². The van der Waals surface area contributed by atoms with Crippen molar-refractivity contribution in [3.63, 3.8) is 0 Å². The van der Waals surface area contributed by atoms with Crippen LogP contribution in [0.1, 0.15) is 36.8 Å². The lowest BCUT2D eigenvalue weighted by molar-refractivity contribution is 0.409. The molecule has 0 aromatic heterocycles. The molecule has 2 unspecified atom stereocenters. The van der Waals surface area contributed by atoms with Gasteiger partial charge in [0.05, 0.1) is 0 Å². The van der Waals surface area contributed by atoms with E-state index in [2.05, 4.69) is 37.4 Å². The Hall–Kier alpha value is -1.02. The van der Waals surface area contributed by atoms with Crippen LogP contribution in [0.15, 0.2) is 18.2 Å². The first kappa shape index (κ1) is 11.5. The van der Waals surface area contributed by atoms with E-state index < -0.39 is 0 Å². The Morgan fingerprint density at radius 3 is 2.75 bits per heavy atom. The Kier molecular flexibility index (Phi) is 3.49. The summed E-state index contributed by atoms with van der Waals surface area (Å²) in [4.78, 5) is 0. The normalized spacial score (nSPS) is 25.4. The number of hydrogen-bond donors (Lipinski definition) is 2. The fourth-order valence-electron chi connectivity index (χ4n) is 2.55. The maximum absolute atomic E-state index is 6.00. The van der Waals surface area contributed by atoms with Crippen LogP contribution in [-0.4, -0.2) is 12.1 Å². The monoisotopic (exact) mass is 218 g/mol. The Morgan fingerprint density at radius 1 is 1.25 bits per heavy atom. The van der Waals surface area contributed by atoms with Gasteiger partial charge in [-0.15, -0.1) is 0 Å². The maximum Gasteiger partial charge on any atom is 0.0372 e. The topological polar surface area (TPSA) is 38.0 Å². The zero-order valence-electron chi connectivity index (χ0n) is 10.3. The van der Waals surface area contributed by atoms with Crippen molar-refractivity contribution >= 4 is 5.69 Å². The first-order valence-corrected chi connectivity index (χ1v) is 6.24. The molecule has 1 aromatic carbocycles. The van der Waals surface area contributed by atoms with E-state index in [9.17, 15) is 0 Å². The summed E-state index contributed by atoms with van der Waals surface area (Å²) in [5.74, 6) is 0. The van der Waals surface area contributed by atoms with Crippen molar-refractivity contribution < 1.29 is 0 Å². The molecular formula is C14H22N2. The summed E-state index contributed by atoms with van der Waals surface area (Å²) in [5, 5.41) is 3.63. The molecule has 1 fully saturated rings. The minimum atomic E-state index is 0.386. The minimum absolute atomic E-state index is 0.386. The zero-order valence-corrected chi connectivity index (χ0v) is 10.3. The van der Waals surface area contributed by atoms with E-state index in [0.29, 0.717) is 12.1 Å². The molecule has 1 aromatic rings. The van der Waals surface area contributed by atoms with Crippen molar-refractivity contribution in [2.75, 3.05) is 5.32 Å².